The zero-order valence-electron chi connectivity index (χ0n) is 15.6. The van der Waals surface area contributed by atoms with Crippen molar-refractivity contribution in [3.8, 4) is 11.3 Å². The van der Waals surface area contributed by atoms with Gasteiger partial charge in [-0.1, -0.05) is 6.92 Å². The molecular weight excluding hydrogens is 369 g/mol. The number of pyridine rings is 1. The molecule has 6 nitrogen and oxygen atoms in total. The van der Waals surface area contributed by atoms with E-state index in [9.17, 15) is 13.2 Å². The number of hydrogen-bond donors (Lipinski definition) is 1. The van der Waals surface area contributed by atoms with E-state index in [2.05, 4.69) is 27.3 Å². The second-order valence-electron chi connectivity index (χ2n) is 6.86. The predicted octanol–water partition coefficient (Wildman–Crippen LogP) is 5.00. The highest BCUT2D eigenvalue weighted by molar-refractivity contribution is 5.96. The van der Waals surface area contributed by atoms with Crippen LogP contribution in [0.15, 0.2) is 35.6 Å². The Bertz CT molecular complexity index is 1080. The van der Waals surface area contributed by atoms with Crippen molar-refractivity contribution in [2.45, 2.75) is 45.3 Å². The number of alkyl halides is 3. The van der Waals surface area contributed by atoms with E-state index < -0.39 is 12.2 Å². The van der Waals surface area contributed by atoms with E-state index in [1.807, 2.05) is 25.1 Å². The Morgan fingerprint density at radius 3 is 2.79 bits per heavy atom. The molecule has 3 aromatic heterocycles. The number of halogens is 3. The zero-order valence-corrected chi connectivity index (χ0v) is 15.6. The summed E-state index contributed by atoms with van der Waals surface area (Å²) in [7, 11) is 0. The summed E-state index contributed by atoms with van der Waals surface area (Å²) in [5.74, 6) is 0.121. The lowest BCUT2D eigenvalue weighted by atomic mass is 9.98. The predicted molar refractivity (Wildman–Crippen MR) is 103 cm³/mol. The van der Waals surface area contributed by atoms with Crippen LogP contribution in [-0.4, -0.2) is 37.5 Å². The first-order valence-electron chi connectivity index (χ1n) is 9.02. The summed E-state index contributed by atoms with van der Waals surface area (Å²) in [5, 5.41) is 6.41. The average Bonchev–Trinajstić information content (AvgIpc) is 3.19. The highest BCUT2D eigenvalue weighted by atomic mass is 19.4. The molecule has 4 heterocycles. The molecule has 0 aromatic carbocycles. The largest absolute Gasteiger partial charge is 0.408 e. The maximum atomic E-state index is 12.7. The molecule has 28 heavy (non-hydrogen) atoms. The minimum absolute atomic E-state index is 0. The average molecular weight is 390 g/mol. The molecule has 0 saturated carbocycles. The van der Waals surface area contributed by atoms with E-state index in [1.165, 1.54) is 10.7 Å². The van der Waals surface area contributed by atoms with Gasteiger partial charge in [0, 0.05) is 24.8 Å². The van der Waals surface area contributed by atoms with Gasteiger partial charge >= 0.3 is 6.18 Å². The Morgan fingerprint density at radius 1 is 1.29 bits per heavy atom. The number of fused-ring (bicyclic) bond motifs is 2. The molecule has 0 aliphatic carbocycles. The van der Waals surface area contributed by atoms with Crippen LogP contribution in [0.1, 0.15) is 40.2 Å². The van der Waals surface area contributed by atoms with E-state index in [-0.39, 0.29) is 13.3 Å². The third-order valence-electron chi connectivity index (χ3n) is 4.97. The van der Waals surface area contributed by atoms with E-state index in [4.69, 9.17) is 4.98 Å². The fourth-order valence-electron chi connectivity index (χ4n) is 3.38. The summed E-state index contributed by atoms with van der Waals surface area (Å²) in [6, 6.07) is 3.93. The molecule has 1 aliphatic heterocycles. The quantitative estimate of drug-likeness (QED) is 0.681. The van der Waals surface area contributed by atoms with Crippen LogP contribution in [0, 0.1) is 0 Å². The monoisotopic (exact) mass is 390 g/mol. The number of hydrogen-bond acceptors (Lipinski definition) is 5. The van der Waals surface area contributed by atoms with Gasteiger partial charge < -0.3 is 5.32 Å². The number of rotatable bonds is 4. The van der Waals surface area contributed by atoms with Crippen LogP contribution < -0.4 is 5.32 Å². The Kier molecular flexibility index (Phi) is 4.32. The third kappa shape index (κ3) is 3.10. The van der Waals surface area contributed by atoms with E-state index in [0.29, 0.717) is 5.52 Å². The number of aliphatic imine (C=N–C) groups is 1. The second kappa shape index (κ2) is 6.57. The fourth-order valence-corrected chi connectivity index (χ4v) is 3.38. The van der Waals surface area contributed by atoms with Gasteiger partial charge in [-0.05, 0) is 38.5 Å². The summed E-state index contributed by atoms with van der Waals surface area (Å²) in [6.07, 6.45) is -0.263. The van der Waals surface area contributed by atoms with Gasteiger partial charge in [0.25, 0.3) is 0 Å². The van der Waals surface area contributed by atoms with Gasteiger partial charge in [-0.15, -0.1) is 5.10 Å². The Balaban J connectivity index is 0.00000240. The molecule has 2 atom stereocenters. The highest BCUT2D eigenvalue weighted by Gasteiger charge is 2.36. The maximum Gasteiger partial charge on any atom is 0.408 e. The van der Waals surface area contributed by atoms with Crippen molar-refractivity contribution < 1.29 is 14.6 Å². The molecule has 0 amide bonds. The van der Waals surface area contributed by atoms with Crippen LogP contribution in [0.2, 0.25) is 0 Å². The molecule has 1 N–H and O–H groups in total. The molecule has 1 unspecified atom stereocenters. The van der Waals surface area contributed by atoms with Gasteiger partial charge in [-0.3, -0.25) is 4.99 Å². The van der Waals surface area contributed by atoms with Crippen molar-refractivity contribution in [2.75, 3.05) is 5.32 Å². The molecular formula is C19H21F3N6. The lowest BCUT2D eigenvalue weighted by Crippen LogP contribution is -2.33. The van der Waals surface area contributed by atoms with Gasteiger partial charge in [-0.2, -0.15) is 13.2 Å². The zero-order chi connectivity index (χ0) is 20.1. The molecule has 1 aliphatic rings. The minimum Gasteiger partial charge on any atom is -0.341 e. The van der Waals surface area contributed by atoms with Gasteiger partial charge in [0.1, 0.15) is 6.04 Å². The summed E-state index contributed by atoms with van der Waals surface area (Å²) >= 11 is 0. The molecule has 0 saturated heterocycles. The van der Waals surface area contributed by atoms with Crippen molar-refractivity contribution in [3.05, 3.63) is 36.3 Å². The first-order chi connectivity index (χ1) is 13.3. The SMILES string of the molecule is CCC1C(C)=Nc2ccc(-c3ccn4nc(N[C@H](C)C(F)(F)F)ncc34)nc21.[HH]. The molecule has 9 heteroatoms. The van der Waals surface area contributed by atoms with Crippen LogP contribution >= 0.6 is 0 Å². The van der Waals surface area contributed by atoms with Crippen molar-refractivity contribution in [1.82, 2.24) is 19.6 Å². The number of anilines is 1. The number of nitrogens with zero attached hydrogens (tertiary/aromatic N) is 5. The smallest absolute Gasteiger partial charge is 0.341 e. The molecule has 0 fully saturated rings. The number of aromatic nitrogens is 4. The topological polar surface area (TPSA) is 67.5 Å². The Morgan fingerprint density at radius 2 is 2.07 bits per heavy atom. The second-order valence-corrected chi connectivity index (χ2v) is 6.86. The minimum atomic E-state index is -4.37. The molecule has 0 bridgehead atoms. The number of nitrogens with one attached hydrogen (secondary N) is 1. The van der Waals surface area contributed by atoms with Crippen LogP contribution in [0.3, 0.4) is 0 Å². The van der Waals surface area contributed by atoms with E-state index >= 15 is 0 Å². The Hall–Kier alpha value is -2.97. The van der Waals surface area contributed by atoms with Crippen LogP contribution in [0.4, 0.5) is 24.8 Å². The van der Waals surface area contributed by atoms with Gasteiger partial charge in [0.05, 0.1) is 28.8 Å². The molecule has 4 rings (SSSR count). The standard InChI is InChI=1S/C19H19F3N6.H2/c1-4-12-10(2)24-15-6-5-14(26-17(12)15)13-7-8-28-16(13)9-23-18(27-28)25-11(3)19(20,21)22;/h5-9,11-12H,4H2,1-3H3,(H,25,27);1H/t11-,12?;/m1./s1. The molecule has 0 spiro atoms. The molecule has 3 aromatic rings. The summed E-state index contributed by atoms with van der Waals surface area (Å²) in [6.45, 7) is 5.14. The lowest BCUT2D eigenvalue weighted by Gasteiger charge is -2.16. The van der Waals surface area contributed by atoms with Crippen LogP contribution in [0.25, 0.3) is 16.8 Å². The normalized spacial score (nSPS) is 17.5. The summed E-state index contributed by atoms with van der Waals surface area (Å²) in [4.78, 5) is 13.4. The summed E-state index contributed by atoms with van der Waals surface area (Å²) in [5.41, 5.74) is 5.15. The molecule has 0 radical (unpaired) electrons. The molecule has 148 valence electrons. The third-order valence-corrected chi connectivity index (χ3v) is 4.97. The van der Waals surface area contributed by atoms with Crippen molar-refractivity contribution in [1.29, 1.82) is 0 Å². The maximum absolute atomic E-state index is 12.7. The lowest BCUT2D eigenvalue weighted by molar-refractivity contribution is -0.138. The van der Waals surface area contributed by atoms with Crippen molar-refractivity contribution in [3.63, 3.8) is 0 Å². The van der Waals surface area contributed by atoms with Crippen LogP contribution in [0.5, 0.6) is 0 Å². The first-order valence-corrected chi connectivity index (χ1v) is 9.02. The van der Waals surface area contributed by atoms with Gasteiger partial charge in [0.2, 0.25) is 5.95 Å². The first kappa shape index (κ1) is 18.4. The van der Waals surface area contributed by atoms with Crippen molar-refractivity contribution in [2.24, 2.45) is 4.99 Å². The van der Waals surface area contributed by atoms with Gasteiger partial charge in [0.15, 0.2) is 0 Å². The fraction of sp³-hybridized carbons (Fsp3) is 0.368. The van der Waals surface area contributed by atoms with Crippen LogP contribution in [-0.2, 0) is 0 Å². The van der Waals surface area contributed by atoms with E-state index in [1.54, 1.807) is 6.20 Å². The summed E-state index contributed by atoms with van der Waals surface area (Å²) < 4.78 is 39.7. The van der Waals surface area contributed by atoms with Crippen molar-refractivity contribution >= 4 is 22.9 Å². The Labute approximate surface area is 161 Å². The van der Waals surface area contributed by atoms with Gasteiger partial charge in [-0.25, -0.2) is 14.5 Å². The highest BCUT2D eigenvalue weighted by Crippen LogP contribution is 2.38. The van der Waals surface area contributed by atoms with E-state index in [0.717, 1.165) is 41.7 Å².